The van der Waals surface area contributed by atoms with Crippen LogP contribution in [0.2, 0.25) is 0 Å². The average Bonchev–Trinajstić information content (AvgIpc) is 2.27. The summed E-state index contributed by atoms with van der Waals surface area (Å²) in [5, 5.41) is 10.7. The molecule has 0 heterocycles. The van der Waals surface area contributed by atoms with Crippen LogP contribution >= 0.6 is 0 Å². The number of ether oxygens (including phenoxy) is 1. The van der Waals surface area contributed by atoms with Gasteiger partial charge < -0.3 is 9.64 Å². The molecular formula is C13H18N2O4. The minimum absolute atomic E-state index is 0.00934. The van der Waals surface area contributed by atoms with Crippen LogP contribution in [0.1, 0.15) is 26.3 Å². The van der Waals surface area contributed by atoms with Crippen LogP contribution in [0.5, 0.6) is 0 Å². The average molecular weight is 266 g/mol. The van der Waals surface area contributed by atoms with Crippen LogP contribution in [-0.4, -0.2) is 28.6 Å². The van der Waals surface area contributed by atoms with Crippen molar-refractivity contribution in [2.24, 2.45) is 0 Å². The smallest absolute Gasteiger partial charge is 0.410 e. The van der Waals surface area contributed by atoms with Gasteiger partial charge in [-0.05, 0) is 26.3 Å². The number of carbonyl (C=O) groups excluding carboxylic acids is 1. The second-order valence-corrected chi connectivity index (χ2v) is 5.26. The highest BCUT2D eigenvalue weighted by Gasteiger charge is 2.20. The Balaban J connectivity index is 2.71. The summed E-state index contributed by atoms with van der Waals surface area (Å²) < 4.78 is 5.20. The number of nitrogens with zero attached hydrogens (tertiary/aromatic N) is 2. The molecule has 0 saturated carbocycles. The Bertz CT molecular complexity index is 480. The van der Waals surface area contributed by atoms with Gasteiger partial charge in [-0.1, -0.05) is 12.1 Å². The monoisotopic (exact) mass is 266 g/mol. The van der Waals surface area contributed by atoms with E-state index in [1.54, 1.807) is 40.0 Å². The standard InChI is InChI=1S/C13H18N2O4/c1-13(2,3)19-12(16)14(4)9-10-6-5-7-11(8-10)15(17)18/h5-8H,9H2,1-4H3. The van der Waals surface area contributed by atoms with Crippen LogP contribution in [0.25, 0.3) is 0 Å². The van der Waals surface area contributed by atoms with Crippen molar-refractivity contribution >= 4 is 11.8 Å². The first-order chi connectivity index (χ1) is 8.69. The van der Waals surface area contributed by atoms with Crippen molar-refractivity contribution in [2.75, 3.05) is 7.05 Å². The van der Waals surface area contributed by atoms with Gasteiger partial charge in [0.05, 0.1) is 4.92 Å². The van der Waals surface area contributed by atoms with Gasteiger partial charge >= 0.3 is 6.09 Å². The molecule has 0 saturated heterocycles. The highest BCUT2D eigenvalue weighted by Crippen LogP contribution is 2.15. The van der Waals surface area contributed by atoms with E-state index in [1.165, 1.54) is 17.0 Å². The van der Waals surface area contributed by atoms with Gasteiger partial charge in [0.1, 0.15) is 5.60 Å². The molecule has 1 rings (SSSR count). The molecule has 1 amide bonds. The molecule has 0 aliphatic heterocycles. The maximum absolute atomic E-state index is 11.8. The van der Waals surface area contributed by atoms with Gasteiger partial charge in [-0.2, -0.15) is 0 Å². The molecule has 0 N–H and O–H groups in total. The number of hydrogen-bond donors (Lipinski definition) is 0. The lowest BCUT2D eigenvalue weighted by Crippen LogP contribution is -2.33. The number of hydrogen-bond acceptors (Lipinski definition) is 4. The van der Waals surface area contributed by atoms with Crippen molar-refractivity contribution in [3.8, 4) is 0 Å². The molecule has 1 aromatic carbocycles. The SMILES string of the molecule is CN(Cc1cccc([N+](=O)[O-])c1)C(=O)OC(C)(C)C. The molecular weight excluding hydrogens is 248 g/mol. The molecule has 0 aromatic heterocycles. The topological polar surface area (TPSA) is 72.7 Å². The molecule has 104 valence electrons. The number of rotatable bonds is 3. The summed E-state index contributed by atoms with van der Waals surface area (Å²) in [5.74, 6) is 0. The summed E-state index contributed by atoms with van der Waals surface area (Å²) in [4.78, 5) is 23.3. The van der Waals surface area contributed by atoms with Gasteiger partial charge in [0.25, 0.3) is 5.69 Å². The molecule has 0 spiro atoms. The van der Waals surface area contributed by atoms with E-state index in [2.05, 4.69) is 0 Å². The summed E-state index contributed by atoms with van der Waals surface area (Å²) >= 11 is 0. The van der Waals surface area contributed by atoms with Crippen LogP contribution in [0.15, 0.2) is 24.3 Å². The number of carbonyl (C=O) groups is 1. The number of benzene rings is 1. The molecule has 0 aliphatic carbocycles. The third-order valence-electron chi connectivity index (χ3n) is 2.25. The summed E-state index contributed by atoms with van der Waals surface area (Å²) in [6.45, 7) is 5.61. The predicted molar refractivity (Wildman–Crippen MR) is 70.8 cm³/mol. The first kappa shape index (κ1) is 14.9. The van der Waals surface area contributed by atoms with Crippen LogP contribution in [0, 0.1) is 10.1 Å². The first-order valence-electron chi connectivity index (χ1n) is 5.86. The van der Waals surface area contributed by atoms with E-state index < -0.39 is 16.6 Å². The summed E-state index contributed by atoms with van der Waals surface area (Å²) in [7, 11) is 1.59. The van der Waals surface area contributed by atoms with Gasteiger partial charge in [-0.15, -0.1) is 0 Å². The van der Waals surface area contributed by atoms with Gasteiger partial charge in [-0.25, -0.2) is 4.79 Å². The Morgan fingerprint density at radius 2 is 2.05 bits per heavy atom. The van der Waals surface area contributed by atoms with Gasteiger partial charge in [0.15, 0.2) is 0 Å². The fourth-order valence-corrected chi connectivity index (χ4v) is 1.45. The zero-order valence-electron chi connectivity index (χ0n) is 11.5. The highest BCUT2D eigenvalue weighted by atomic mass is 16.6. The summed E-state index contributed by atoms with van der Waals surface area (Å²) in [6, 6.07) is 6.18. The van der Waals surface area contributed by atoms with Crippen LogP contribution in [-0.2, 0) is 11.3 Å². The lowest BCUT2D eigenvalue weighted by Gasteiger charge is -2.24. The number of nitro groups is 1. The third kappa shape index (κ3) is 4.95. The van der Waals surface area contributed by atoms with E-state index in [4.69, 9.17) is 4.74 Å². The van der Waals surface area contributed by atoms with Crippen molar-refractivity contribution in [2.45, 2.75) is 32.9 Å². The Kier molecular flexibility index (Phi) is 4.47. The van der Waals surface area contributed by atoms with E-state index in [-0.39, 0.29) is 12.2 Å². The number of nitro benzene ring substituents is 1. The van der Waals surface area contributed by atoms with Crippen LogP contribution in [0.4, 0.5) is 10.5 Å². The normalized spacial score (nSPS) is 10.9. The van der Waals surface area contributed by atoms with Crippen LogP contribution in [0.3, 0.4) is 0 Å². The molecule has 6 nitrogen and oxygen atoms in total. The lowest BCUT2D eigenvalue weighted by molar-refractivity contribution is -0.384. The van der Waals surface area contributed by atoms with Gasteiger partial charge in [0.2, 0.25) is 0 Å². The minimum atomic E-state index is -0.561. The summed E-state index contributed by atoms with van der Waals surface area (Å²) in [6.07, 6.45) is -0.459. The van der Waals surface area contributed by atoms with Gasteiger partial charge in [-0.3, -0.25) is 10.1 Å². The molecule has 0 atom stereocenters. The van der Waals surface area contributed by atoms with E-state index in [0.717, 1.165) is 0 Å². The molecule has 0 bridgehead atoms. The molecule has 0 aliphatic rings. The first-order valence-corrected chi connectivity index (χ1v) is 5.86. The zero-order valence-corrected chi connectivity index (χ0v) is 11.5. The van der Waals surface area contributed by atoms with Crippen molar-refractivity contribution in [1.82, 2.24) is 4.90 Å². The van der Waals surface area contributed by atoms with E-state index in [1.807, 2.05) is 0 Å². The minimum Gasteiger partial charge on any atom is -0.444 e. The lowest BCUT2D eigenvalue weighted by atomic mass is 10.2. The van der Waals surface area contributed by atoms with E-state index in [9.17, 15) is 14.9 Å². The Morgan fingerprint density at radius 1 is 1.42 bits per heavy atom. The van der Waals surface area contributed by atoms with E-state index >= 15 is 0 Å². The molecule has 0 fully saturated rings. The maximum Gasteiger partial charge on any atom is 0.410 e. The maximum atomic E-state index is 11.8. The van der Waals surface area contributed by atoms with Crippen molar-refractivity contribution < 1.29 is 14.5 Å². The number of amides is 1. The fraction of sp³-hybridized carbons (Fsp3) is 0.462. The highest BCUT2D eigenvalue weighted by molar-refractivity contribution is 5.67. The second kappa shape index (κ2) is 5.69. The third-order valence-corrected chi connectivity index (χ3v) is 2.25. The fourth-order valence-electron chi connectivity index (χ4n) is 1.45. The van der Waals surface area contributed by atoms with Crippen LogP contribution < -0.4 is 0 Å². The molecule has 0 unspecified atom stereocenters. The predicted octanol–water partition coefficient (Wildman–Crippen LogP) is 2.96. The summed E-state index contributed by atoms with van der Waals surface area (Å²) in [5.41, 5.74) is 0.131. The Morgan fingerprint density at radius 3 is 2.58 bits per heavy atom. The quantitative estimate of drug-likeness (QED) is 0.622. The molecule has 6 heteroatoms. The zero-order chi connectivity index (χ0) is 14.6. The Hall–Kier alpha value is -2.11. The van der Waals surface area contributed by atoms with Crippen molar-refractivity contribution in [3.63, 3.8) is 0 Å². The second-order valence-electron chi connectivity index (χ2n) is 5.26. The van der Waals surface area contributed by atoms with Crippen molar-refractivity contribution in [3.05, 3.63) is 39.9 Å². The molecule has 0 radical (unpaired) electrons. The van der Waals surface area contributed by atoms with Gasteiger partial charge in [0, 0.05) is 25.7 Å². The molecule has 1 aromatic rings. The number of non-ortho nitro benzene ring substituents is 1. The Labute approximate surface area is 112 Å². The largest absolute Gasteiger partial charge is 0.444 e. The van der Waals surface area contributed by atoms with E-state index in [0.29, 0.717) is 5.56 Å². The molecule has 19 heavy (non-hydrogen) atoms. The van der Waals surface area contributed by atoms with Crippen molar-refractivity contribution in [1.29, 1.82) is 0 Å².